The predicted molar refractivity (Wildman–Crippen MR) is 126 cm³/mol. The average Bonchev–Trinajstić information content (AvgIpc) is 3.47. The zero-order valence-corrected chi connectivity index (χ0v) is 18.7. The Balaban J connectivity index is 1.42. The van der Waals surface area contributed by atoms with Crippen LogP contribution in [0.4, 0.5) is 4.79 Å². The van der Waals surface area contributed by atoms with Crippen molar-refractivity contribution in [2.24, 2.45) is 0 Å². The first-order valence-electron chi connectivity index (χ1n) is 10.4. The molecule has 1 N–H and O–H groups in total. The fourth-order valence-electron chi connectivity index (χ4n) is 3.75. The summed E-state index contributed by atoms with van der Waals surface area (Å²) in [6, 6.07) is 15.2. The molecule has 2 heterocycles. The van der Waals surface area contributed by atoms with Crippen molar-refractivity contribution in [2.45, 2.75) is 32.0 Å². The number of fused-ring (bicyclic) bond motifs is 1. The van der Waals surface area contributed by atoms with Gasteiger partial charge in [-0.15, -0.1) is 0 Å². The third-order valence-corrected chi connectivity index (χ3v) is 6.80. The molecule has 1 saturated heterocycles. The average molecular weight is 466 g/mol. The molecular formula is C24H20ClN3O3S. The number of carbonyl (C=O) groups is 3. The molecule has 1 aliphatic heterocycles. The Morgan fingerprint density at radius 1 is 1.12 bits per heavy atom. The van der Waals surface area contributed by atoms with Crippen LogP contribution in [0, 0.1) is 0 Å². The summed E-state index contributed by atoms with van der Waals surface area (Å²) in [5.41, 5.74) is 2.42. The highest BCUT2D eigenvalue weighted by Crippen LogP contribution is 2.35. The summed E-state index contributed by atoms with van der Waals surface area (Å²) < 4.78 is 1.88. The first-order chi connectivity index (χ1) is 15.5. The van der Waals surface area contributed by atoms with E-state index in [9.17, 15) is 14.4 Å². The molecule has 0 radical (unpaired) electrons. The Bertz CT molecular complexity index is 1280. The summed E-state index contributed by atoms with van der Waals surface area (Å²) in [7, 11) is 0. The van der Waals surface area contributed by atoms with Gasteiger partial charge in [0.2, 0.25) is 5.91 Å². The zero-order chi connectivity index (χ0) is 22.2. The van der Waals surface area contributed by atoms with Crippen molar-refractivity contribution in [2.75, 3.05) is 0 Å². The number of rotatable bonds is 6. The number of amides is 3. The van der Waals surface area contributed by atoms with Gasteiger partial charge in [0.05, 0.1) is 11.4 Å². The Hall–Kier alpha value is -3.03. The summed E-state index contributed by atoms with van der Waals surface area (Å²) in [5, 5.41) is 4.11. The maximum absolute atomic E-state index is 13.0. The van der Waals surface area contributed by atoms with Crippen LogP contribution < -0.4 is 5.32 Å². The van der Waals surface area contributed by atoms with Crippen molar-refractivity contribution in [1.82, 2.24) is 14.8 Å². The number of halogens is 1. The van der Waals surface area contributed by atoms with E-state index in [1.807, 2.05) is 41.1 Å². The van der Waals surface area contributed by atoms with Crippen molar-refractivity contribution >= 4 is 57.4 Å². The molecule has 2 aromatic carbocycles. The molecule has 3 amide bonds. The first kappa shape index (κ1) is 20.8. The van der Waals surface area contributed by atoms with Crippen LogP contribution in [0.25, 0.3) is 17.0 Å². The van der Waals surface area contributed by atoms with Crippen molar-refractivity contribution in [3.05, 3.63) is 75.8 Å². The van der Waals surface area contributed by atoms with E-state index in [1.54, 1.807) is 24.3 Å². The van der Waals surface area contributed by atoms with Crippen molar-refractivity contribution < 1.29 is 14.4 Å². The van der Waals surface area contributed by atoms with Gasteiger partial charge in [-0.25, -0.2) is 0 Å². The first-order valence-corrected chi connectivity index (χ1v) is 11.5. The minimum atomic E-state index is -0.344. The van der Waals surface area contributed by atoms with Crippen LogP contribution in [0.2, 0.25) is 5.02 Å². The van der Waals surface area contributed by atoms with E-state index >= 15 is 0 Å². The highest BCUT2D eigenvalue weighted by molar-refractivity contribution is 8.18. The number of thioether (sulfide) groups is 1. The molecular weight excluding hydrogens is 446 g/mol. The third kappa shape index (κ3) is 4.18. The fourth-order valence-corrected chi connectivity index (χ4v) is 4.78. The van der Waals surface area contributed by atoms with Gasteiger partial charge in [-0.1, -0.05) is 48.0 Å². The zero-order valence-electron chi connectivity index (χ0n) is 17.1. The van der Waals surface area contributed by atoms with Crippen LogP contribution in [0.5, 0.6) is 0 Å². The van der Waals surface area contributed by atoms with Gasteiger partial charge in [0.25, 0.3) is 11.1 Å². The molecule has 32 heavy (non-hydrogen) atoms. The number of imide groups is 1. The quantitative estimate of drug-likeness (QED) is 0.530. The summed E-state index contributed by atoms with van der Waals surface area (Å²) in [5.74, 6) is -0.372. The number of benzene rings is 2. The molecule has 6 nitrogen and oxygen atoms in total. The lowest BCUT2D eigenvalue weighted by Gasteiger charge is -2.13. The normalized spacial score (nSPS) is 17.5. The SMILES string of the molecule is O=C(Cn1cc(/C=C2\SC(=O)N(Cc3ccccc3Cl)C2=O)c2ccccc21)NC1CC1. The Kier molecular flexibility index (Phi) is 5.53. The van der Waals surface area contributed by atoms with Gasteiger partial charge in [-0.2, -0.15) is 0 Å². The summed E-state index contributed by atoms with van der Waals surface area (Å²) in [4.78, 5) is 39.4. The Labute approximate surface area is 194 Å². The number of nitrogens with one attached hydrogen (secondary N) is 1. The van der Waals surface area contributed by atoms with Crippen LogP contribution >= 0.6 is 23.4 Å². The van der Waals surface area contributed by atoms with E-state index in [0.29, 0.717) is 16.0 Å². The second kappa shape index (κ2) is 8.48. The van der Waals surface area contributed by atoms with Gasteiger partial charge in [0.1, 0.15) is 6.54 Å². The second-order valence-corrected chi connectivity index (χ2v) is 9.33. The smallest absolute Gasteiger partial charge is 0.293 e. The minimum absolute atomic E-state index is 0.0279. The van der Waals surface area contributed by atoms with E-state index in [1.165, 1.54) is 4.90 Å². The lowest BCUT2D eigenvalue weighted by atomic mass is 10.1. The summed E-state index contributed by atoms with van der Waals surface area (Å²) in [6.07, 6.45) is 5.66. The molecule has 8 heteroatoms. The number of hydrogen-bond acceptors (Lipinski definition) is 4. The summed E-state index contributed by atoms with van der Waals surface area (Å²) in [6.45, 7) is 0.337. The number of carbonyl (C=O) groups excluding carboxylic acids is 3. The van der Waals surface area contributed by atoms with E-state index < -0.39 is 0 Å². The molecule has 1 aromatic heterocycles. The highest BCUT2D eigenvalue weighted by Gasteiger charge is 2.35. The van der Waals surface area contributed by atoms with E-state index in [0.717, 1.165) is 46.6 Å². The molecule has 162 valence electrons. The molecule has 1 saturated carbocycles. The molecule has 0 bridgehead atoms. The van der Waals surface area contributed by atoms with Gasteiger partial charge >= 0.3 is 0 Å². The largest absolute Gasteiger partial charge is 0.352 e. The lowest BCUT2D eigenvalue weighted by Crippen LogP contribution is -2.29. The van der Waals surface area contributed by atoms with Crippen molar-refractivity contribution in [3.63, 3.8) is 0 Å². The van der Waals surface area contributed by atoms with E-state index in [4.69, 9.17) is 11.6 Å². The number of hydrogen-bond donors (Lipinski definition) is 1. The Morgan fingerprint density at radius 2 is 1.88 bits per heavy atom. The lowest BCUT2D eigenvalue weighted by molar-refractivity contribution is -0.123. The fraction of sp³-hybridized carbons (Fsp3) is 0.208. The molecule has 0 atom stereocenters. The Morgan fingerprint density at radius 3 is 2.66 bits per heavy atom. The second-order valence-electron chi connectivity index (χ2n) is 7.93. The molecule has 2 aliphatic rings. The van der Waals surface area contributed by atoms with Crippen molar-refractivity contribution in [3.8, 4) is 0 Å². The van der Waals surface area contributed by atoms with Gasteiger partial charge in [0, 0.05) is 33.7 Å². The molecule has 5 rings (SSSR count). The van der Waals surface area contributed by atoms with Gasteiger partial charge < -0.3 is 9.88 Å². The monoisotopic (exact) mass is 465 g/mol. The number of para-hydroxylation sites is 1. The minimum Gasteiger partial charge on any atom is -0.352 e. The molecule has 1 aliphatic carbocycles. The van der Waals surface area contributed by atoms with Crippen LogP contribution in [0.1, 0.15) is 24.0 Å². The molecule has 2 fully saturated rings. The molecule has 3 aromatic rings. The topological polar surface area (TPSA) is 71.4 Å². The molecule has 0 unspecified atom stereocenters. The number of aromatic nitrogens is 1. The van der Waals surface area contributed by atoms with Crippen LogP contribution in [0.3, 0.4) is 0 Å². The van der Waals surface area contributed by atoms with Gasteiger partial charge in [-0.05, 0) is 48.4 Å². The van der Waals surface area contributed by atoms with E-state index in [2.05, 4.69) is 5.32 Å². The highest BCUT2D eigenvalue weighted by atomic mass is 35.5. The van der Waals surface area contributed by atoms with Crippen LogP contribution in [-0.2, 0) is 22.7 Å². The van der Waals surface area contributed by atoms with Crippen LogP contribution in [0.15, 0.2) is 59.6 Å². The number of nitrogens with zero attached hydrogens (tertiary/aromatic N) is 2. The summed E-state index contributed by atoms with van der Waals surface area (Å²) >= 11 is 7.12. The van der Waals surface area contributed by atoms with E-state index in [-0.39, 0.29) is 30.1 Å². The maximum atomic E-state index is 13.0. The predicted octanol–water partition coefficient (Wildman–Crippen LogP) is 4.81. The molecule has 0 spiro atoms. The maximum Gasteiger partial charge on any atom is 0.293 e. The van der Waals surface area contributed by atoms with Gasteiger partial charge in [-0.3, -0.25) is 19.3 Å². The van der Waals surface area contributed by atoms with Crippen molar-refractivity contribution in [1.29, 1.82) is 0 Å². The van der Waals surface area contributed by atoms with Gasteiger partial charge in [0.15, 0.2) is 0 Å². The third-order valence-electron chi connectivity index (χ3n) is 5.52. The van der Waals surface area contributed by atoms with Crippen LogP contribution in [-0.4, -0.2) is 32.6 Å². The standard InChI is InChI=1S/C24H20ClN3O3S/c25-19-7-3-1-5-15(19)13-28-23(30)21(32-24(28)31)11-16-12-27(14-22(29)26-17-9-10-17)20-8-4-2-6-18(16)20/h1-8,11-12,17H,9-10,13-14H2,(H,26,29)/b21-11-.